The lowest BCUT2D eigenvalue weighted by atomic mass is 10.1. The van der Waals surface area contributed by atoms with Crippen LogP contribution in [0.3, 0.4) is 0 Å². The molecule has 0 aliphatic carbocycles. The number of benzene rings is 1. The maximum absolute atomic E-state index is 12.6. The Balaban J connectivity index is 0.00000145. The molecular weight excluding hydrogens is 391 g/mol. The van der Waals surface area contributed by atoms with Gasteiger partial charge in [-0.25, -0.2) is 9.97 Å². The molecule has 0 spiro atoms. The zero-order chi connectivity index (χ0) is 21.6. The lowest BCUT2D eigenvalue weighted by Crippen LogP contribution is -2.15. The van der Waals surface area contributed by atoms with Crippen molar-refractivity contribution in [3.05, 3.63) is 54.0 Å². The summed E-state index contributed by atoms with van der Waals surface area (Å²) < 4.78 is 43.2. The summed E-state index contributed by atoms with van der Waals surface area (Å²) >= 11 is 0. The minimum Gasteiger partial charge on any atom is -0.505 e. The van der Waals surface area contributed by atoms with E-state index in [0.29, 0.717) is 11.3 Å². The Kier molecular flexibility index (Phi) is 6.65. The molecule has 0 atom stereocenters. The molecule has 3 aromatic rings. The zero-order valence-corrected chi connectivity index (χ0v) is 15.4. The van der Waals surface area contributed by atoms with Gasteiger partial charge in [0.05, 0.1) is 23.6 Å². The number of nitrogens with zero attached hydrogens (tertiary/aromatic N) is 3. The first kappa shape index (κ1) is 21.5. The second kappa shape index (κ2) is 8.95. The van der Waals surface area contributed by atoms with Gasteiger partial charge >= 0.3 is 6.18 Å². The highest BCUT2D eigenvalue weighted by molar-refractivity contribution is 5.97. The Morgan fingerprint density at radius 2 is 1.79 bits per heavy atom. The van der Waals surface area contributed by atoms with Crippen molar-refractivity contribution < 1.29 is 27.9 Å². The molecule has 2 aromatic heterocycles. The predicted octanol–water partition coefficient (Wildman–Crippen LogP) is 4.33. The van der Waals surface area contributed by atoms with Gasteiger partial charge in [0.1, 0.15) is 5.75 Å². The molecule has 0 radical (unpaired) electrons. The first-order valence-corrected chi connectivity index (χ1v) is 8.35. The van der Waals surface area contributed by atoms with Gasteiger partial charge < -0.3 is 25.8 Å². The number of hydrogen-bond donors (Lipinski definition) is 4. The van der Waals surface area contributed by atoms with E-state index < -0.39 is 11.7 Å². The maximum atomic E-state index is 12.6. The van der Waals surface area contributed by atoms with Crippen molar-refractivity contribution in [3.63, 3.8) is 0 Å². The molecule has 2 heterocycles. The fourth-order valence-corrected chi connectivity index (χ4v) is 2.18. The number of amidine groups is 1. The predicted molar refractivity (Wildman–Crippen MR) is 100.0 cm³/mol. The number of nitrogens with one attached hydrogen (secondary N) is 1. The van der Waals surface area contributed by atoms with E-state index in [1.807, 2.05) is 13.8 Å². The Morgan fingerprint density at radius 1 is 1.14 bits per heavy atom. The molecule has 11 heteroatoms. The first-order valence-electron chi connectivity index (χ1n) is 8.35. The lowest BCUT2D eigenvalue weighted by molar-refractivity contribution is -0.137. The molecule has 0 aliphatic rings. The SMILES string of the molecule is CC.N/C(=N\O)c1ncc(Nc2ncc(-c3ccc(C(F)(F)F)cc3)o2)cc1O. The largest absolute Gasteiger partial charge is 0.505 e. The number of aromatic nitrogens is 2. The lowest BCUT2D eigenvalue weighted by Gasteiger charge is -2.06. The summed E-state index contributed by atoms with van der Waals surface area (Å²) in [6, 6.07) is 5.71. The number of rotatable bonds is 4. The molecule has 3 rings (SSSR count). The van der Waals surface area contributed by atoms with Crippen LogP contribution in [0.1, 0.15) is 25.1 Å². The molecular formula is C18H18F3N5O3. The van der Waals surface area contributed by atoms with Crippen molar-refractivity contribution in [1.29, 1.82) is 0 Å². The van der Waals surface area contributed by atoms with Gasteiger partial charge in [0.25, 0.3) is 6.01 Å². The minimum absolute atomic E-state index is 0.0302. The van der Waals surface area contributed by atoms with Gasteiger partial charge in [-0.1, -0.05) is 31.1 Å². The van der Waals surface area contributed by atoms with Crippen LogP contribution in [0.4, 0.5) is 24.9 Å². The zero-order valence-electron chi connectivity index (χ0n) is 15.4. The van der Waals surface area contributed by atoms with Crippen molar-refractivity contribution in [2.45, 2.75) is 20.0 Å². The van der Waals surface area contributed by atoms with Gasteiger partial charge in [-0.3, -0.25) is 0 Å². The van der Waals surface area contributed by atoms with Crippen LogP contribution in [0.25, 0.3) is 11.3 Å². The highest BCUT2D eigenvalue weighted by atomic mass is 19.4. The summed E-state index contributed by atoms with van der Waals surface area (Å²) in [5, 5.41) is 23.9. The molecule has 0 unspecified atom stereocenters. The van der Waals surface area contributed by atoms with E-state index in [-0.39, 0.29) is 29.1 Å². The number of halogens is 3. The van der Waals surface area contributed by atoms with Gasteiger partial charge in [0, 0.05) is 11.6 Å². The monoisotopic (exact) mass is 409 g/mol. The second-order valence-electron chi connectivity index (χ2n) is 5.31. The van der Waals surface area contributed by atoms with Crippen molar-refractivity contribution in [2.75, 3.05) is 5.32 Å². The van der Waals surface area contributed by atoms with E-state index in [0.717, 1.165) is 12.1 Å². The van der Waals surface area contributed by atoms with Crippen molar-refractivity contribution in [2.24, 2.45) is 10.9 Å². The van der Waals surface area contributed by atoms with Crippen LogP contribution in [0.5, 0.6) is 5.75 Å². The Labute approximate surface area is 163 Å². The van der Waals surface area contributed by atoms with Gasteiger partial charge in [-0.05, 0) is 12.1 Å². The molecule has 29 heavy (non-hydrogen) atoms. The third kappa shape index (κ3) is 5.15. The standard InChI is InChI=1S/C16H12F3N5O3.C2H6/c17-16(18,19)9-3-1-8(2-4-9)12-7-22-15(27-12)23-10-5-11(25)13(21-6-10)14(20)24-26;1-2/h1-7,25-26H,(H2,20,24)(H,22,23);1-2H3. The smallest absolute Gasteiger partial charge is 0.416 e. The molecule has 0 amide bonds. The molecule has 8 nitrogen and oxygen atoms in total. The van der Waals surface area contributed by atoms with E-state index >= 15 is 0 Å². The molecule has 0 fully saturated rings. The van der Waals surface area contributed by atoms with Crippen molar-refractivity contribution >= 4 is 17.5 Å². The van der Waals surface area contributed by atoms with Gasteiger partial charge in [-0.2, -0.15) is 13.2 Å². The fourth-order valence-electron chi connectivity index (χ4n) is 2.18. The van der Waals surface area contributed by atoms with Crippen LogP contribution < -0.4 is 11.1 Å². The maximum Gasteiger partial charge on any atom is 0.416 e. The number of alkyl halides is 3. The van der Waals surface area contributed by atoms with Crippen molar-refractivity contribution in [1.82, 2.24) is 9.97 Å². The topological polar surface area (TPSA) is 130 Å². The van der Waals surface area contributed by atoms with Crippen LogP contribution in [0, 0.1) is 0 Å². The molecule has 0 saturated heterocycles. The normalized spacial score (nSPS) is 11.6. The summed E-state index contributed by atoms with van der Waals surface area (Å²) in [5.74, 6) is -0.457. The number of oxazole rings is 1. The van der Waals surface area contributed by atoms with Gasteiger partial charge in [-0.15, -0.1) is 0 Å². The summed E-state index contributed by atoms with van der Waals surface area (Å²) in [6.45, 7) is 4.00. The number of anilines is 2. The van der Waals surface area contributed by atoms with E-state index in [2.05, 4.69) is 20.4 Å². The fraction of sp³-hybridized carbons (Fsp3) is 0.167. The van der Waals surface area contributed by atoms with Gasteiger partial charge in [0.2, 0.25) is 0 Å². The first-order chi connectivity index (χ1) is 13.8. The Hall–Kier alpha value is -3.76. The molecule has 5 N–H and O–H groups in total. The van der Waals surface area contributed by atoms with Crippen LogP contribution in [0.15, 0.2) is 52.3 Å². The average Bonchev–Trinajstić information content (AvgIpc) is 3.17. The Morgan fingerprint density at radius 3 is 2.34 bits per heavy atom. The van der Waals surface area contributed by atoms with Gasteiger partial charge in [0.15, 0.2) is 17.3 Å². The highest BCUT2D eigenvalue weighted by Gasteiger charge is 2.30. The number of aromatic hydroxyl groups is 1. The van der Waals surface area contributed by atoms with Crippen LogP contribution in [-0.2, 0) is 6.18 Å². The van der Waals surface area contributed by atoms with Crippen LogP contribution in [-0.4, -0.2) is 26.1 Å². The van der Waals surface area contributed by atoms with Crippen LogP contribution in [0.2, 0.25) is 0 Å². The molecule has 0 bridgehead atoms. The molecule has 0 aliphatic heterocycles. The van der Waals surface area contributed by atoms with E-state index in [4.69, 9.17) is 15.4 Å². The third-order valence-electron chi connectivity index (χ3n) is 3.47. The van der Waals surface area contributed by atoms with E-state index in [1.54, 1.807) is 0 Å². The van der Waals surface area contributed by atoms with Crippen molar-refractivity contribution in [3.8, 4) is 17.1 Å². The Bertz CT molecular complexity index is 985. The summed E-state index contributed by atoms with van der Waals surface area (Å²) in [6.07, 6.45) is -1.80. The molecule has 0 saturated carbocycles. The molecule has 1 aromatic carbocycles. The minimum atomic E-state index is -4.42. The highest BCUT2D eigenvalue weighted by Crippen LogP contribution is 2.32. The molecule has 154 valence electrons. The third-order valence-corrected chi connectivity index (χ3v) is 3.47. The number of oxime groups is 1. The van der Waals surface area contributed by atoms with E-state index in [9.17, 15) is 18.3 Å². The van der Waals surface area contributed by atoms with Crippen LogP contribution >= 0.6 is 0 Å². The number of nitrogens with two attached hydrogens (primary N) is 1. The summed E-state index contributed by atoms with van der Waals surface area (Å²) in [4.78, 5) is 7.80. The quantitative estimate of drug-likeness (QED) is 0.218. The average molecular weight is 409 g/mol. The summed E-state index contributed by atoms with van der Waals surface area (Å²) in [5.41, 5.74) is 5.18. The van der Waals surface area contributed by atoms with E-state index in [1.165, 1.54) is 30.6 Å². The second-order valence-corrected chi connectivity index (χ2v) is 5.31. The summed E-state index contributed by atoms with van der Waals surface area (Å²) in [7, 11) is 0. The number of pyridine rings is 1. The number of hydrogen-bond acceptors (Lipinski definition) is 7.